The Labute approximate surface area is 190 Å². The fraction of sp³-hybridized carbons (Fsp3) is 0.500. The number of aliphatic hydroxyl groups is 1. The summed E-state index contributed by atoms with van der Waals surface area (Å²) in [7, 11) is 0. The maximum atomic E-state index is 13.5. The number of fused-ring (bicyclic) bond motifs is 3. The first-order valence-corrected chi connectivity index (χ1v) is 11.5. The molecule has 1 spiro atoms. The molecule has 1 aromatic carbocycles. The van der Waals surface area contributed by atoms with Crippen LogP contribution < -0.4 is 15.4 Å². The van der Waals surface area contributed by atoms with Gasteiger partial charge in [-0.05, 0) is 50.7 Å². The van der Waals surface area contributed by atoms with Gasteiger partial charge in [0.05, 0.1) is 23.4 Å². The molecule has 164 valence electrons. The molecular formula is C22H24Cl2N4O3. The van der Waals surface area contributed by atoms with Gasteiger partial charge in [-0.1, -0.05) is 23.2 Å². The predicted molar refractivity (Wildman–Crippen MR) is 121 cm³/mol. The fourth-order valence-corrected chi connectivity index (χ4v) is 6.01. The van der Waals surface area contributed by atoms with Crippen molar-refractivity contribution in [2.24, 2.45) is 0 Å². The van der Waals surface area contributed by atoms with E-state index in [1.165, 1.54) is 0 Å². The average Bonchev–Trinajstić information content (AvgIpc) is 2.97. The molecule has 1 saturated heterocycles. The number of aromatic nitrogens is 2. The normalized spacial score (nSPS) is 19.6. The number of nitrogens with zero attached hydrogens (tertiary/aromatic N) is 3. The second kappa shape index (κ2) is 7.80. The molecular weight excluding hydrogens is 439 g/mol. The van der Waals surface area contributed by atoms with Crippen LogP contribution in [-0.2, 0) is 23.1 Å². The summed E-state index contributed by atoms with van der Waals surface area (Å²) in [5.41, 5.74) is 2.39. The van der Waals surface area contributed by atoms with Crippen molar-refractivity contribution >= 4 is 40.7 Å². The number of anilines is 2. The largest absolute Gasteiger partial charge is 0.395 e. The van der Waals surface area contributed by atoms with Gasteiger partial charge in [-0.2, -0.15) is 0 Å². The zero-order chi connectivity index (χ0) is 21.8. The first kappa shape index (κ1) is 20.8. The third-order valence-corrected chi connectivity index (χ3v) is 7.39. The molecule has 2 N–H and O–H groups in total. The van der Waals surface area contributed by atoms with Crippen LogP contribution in [0.1, 0.15) is 42.5 Å². The predicted octanol–water partition coefficient (Wildman–Crippen LogP) is 2.83. The number of benzene rings is 1. The van der Waals surface area contributed by atoms with Crippen LogP contribution in [0.4, 0.5) is 11.6 Å². The maximum Gasteiger partial charge on any atom is 0.255 e. The molecule has 31 heavy (non-hydrogen) atoms. The van der Waals surface area contributed by atoms with Gasteiger partial charge in [-0.3, -0.25) is 14.6 Å². The molecule has 0 atom stereocenters. The van der Waals surface area contributed by atoms with Gasteiger partial charge in [0.15, 0.2) is 0 Å². The molecule has 0 bridgehead atoms. The maximum absolute atomic E-state index is 13.5. The minimum atomic E-state index is -0.753. The third-order valence-electron chi connectivity index (χ3n) is 6.88. The minimum Gasteiger partial charge on any atom is -0.395 e. The summed E-state index contributed by atoms with van der Waals surface area (Å²) >= 11 is 12.8. The van der Waals surface area contributed by atoms with Crippen LogP contribution in [0.25, 0.3) is 0 Å². The molecule has 1 aromatic heterocycles. The molecule has 1 fully saturated rings. The number of nitrogens with one attached hydrogen (secondary N) is 1. The van der Waals surface area contributed by atoms with Gasteiger partial charge in [0.2, 0.25) is 11.9 Å². The van der Waals surface area contributed by atoms with E-state index in [-0.39, 0.29) is 24.6 Å². The van der Waals surface area contributed by atoms with Crippen molar-refractivity contribution in [3.8, 4) is 0 Å². The quantitative estimate of drug-likeness (QED) is 0.731. The van der Waals surface area contributed by atoms with Crippen LogP contribution in [0, 0.1) is 0 Å². The fourth-order valence-electron chi connectivity index (χ4n) is 5.35. The van der Waals surface area contributed by atoms with Gasteiger partial charge in [-0.25, -0.2) is 4.98 Å². The van der Waals surface area contributed by atoms with Crippen LogP contribution in [0.2, 0.25) is 10.0 Å². The van der Waals surface area contributed by atoms with E-state index in [0.717, 1.165) is 42.5 Å². The van der Waals surface area contributed by atoms with E-state index in [9.17, 15) is 14.7 Å². The van der Waals surface area contributed by atoms with E-state index >= 15 is 0 Å². The van der Waals surface area contributed by atoms with Crippen molar-refractivity contribution in [2.75, 3.05) is 36.0 Å². The molecule has 1 amide bonds. The number of β-amino-alcohol motifs (C(OH)–C–C–N with tert-alkyl or cyclic N) is 1. The Morgan fingerprint density at radius 2 is 1.87 bits per heavy atom. The topological polar surface area (TPSA) is 89.5 Å². The number of rotatable bonds is 3. The van der Waals surface area contributed by atoms with Gasteiger partial charge in [0.1, 0.15) is 0 Å². The summed E-state index contributed by atoms with van der Waals surface area (Å²) in [4.78, 5) is 37.4. The zero-order valence-electron chi connectivity index (χ0n) is 17.1. The summed E-state index contributed by atoms with van der Waals surface area (Å²) < 4.78 is 0. The van der Waals surface area contributed by atoms with E-state index in [2.05, 4.69) is 4.98 Å². The van der Waals surface area contributed by atoms with E-state index in [4.69, 9.17) is 28.2 Å². The standard InChI is InChI=1S/C22H24Cl2N4O3/c23-13-11-15(24)18-17(12-13)28(9-10-29)20(31)22(18)5-7-27(8-6-22)21-25-16-4-2-1-3-14(16)19(30)26-21/h11-12,29H,1-10H2,(H,25,26,30). The second-order valence-corrected chi connectivity index (χ2v) is 9.40. The van der Waals surface area contributed by atoms with Crippen LogP contribution in [0.3, 0.4) is 0 Å². The Morgan fingerprint density at radius 3 is 2.61 bits per heavy atom. The molecule has 3 heterocycles. The number of amides is 1. The summed E-state index contributed by atoms with van der Waals surface area (Å²) in [5.74, 6) is 0.535. The highest BCUT2D eigenvalue weighted by Gasteiger charge is 2.53. The van der Waals surface area contributed by atoms with Crippen molar-refractivity contribution in [2.45, 2.75) is 43.9 Å². The molecule has 3 aliphatic rings. The van der Waals surface area contributed by atoms with Crippen molar-refractivity contribution in [3.63, 3.8) is 0 Å². The van der Waals surface area contributed by atoms with Crippen molar-refractivity contribution in [3.05, 3.63) is 49.4 Å². The highest BCUT2D eigenvalue weighted by molar-refractivity contribution is 6.37. The number of hydrogen-bond donors (Lipinski definition) is 2. The molecule has 7 nitrogen and oxygen atoms in total. The summed E-state index contributed by atoms with van der Waals surface area (Å²) in [6.07, 6.45) is 4.79. The Balaban J connectivity index is 1.47. The van der Waals surface area contributed by atoms with Crippen LogP contribution in [0.5, 0.6) is 0 Å². The van der Waals surface area contributed by atoms with Gasteiger partial charge >= 0.3 is 0 Å². The molecule has 2 aliphatic heterocycles. The molecule has 5 rings (SSSR count). The number of carbonyl (C=O) groups is 1. The van der Waals surface area contributed by atoms with E-state index in [0.29, 0.717) is 47.6 Å². The van der Waals surface area contributed by atoms with Gasteiger partial charge in [0, 0.05) is 40.8 Å². The first-order valence-electron chi connectivity index (χ1n) is 10.7. The highest BCUT2D eigenvalue weighted by atomic mass is 35.5. The number of aromatic amines is 1. The van der Waals surface area contributed by atoms with Crippen molar-refractivity contribution in [1.82, 2.24) is 9.97 Å². The Hall–Kier alpha value is -2.09. The van der Waals surface area contributed by atoms with Crippen LogP contribution >= 0.6 is 23.2 Å². The molecule has 0 unspecified atom stereocenters. The van der Waals surface area contributed by atoms with Crippen molar-refractivity contribution in [1.29, 1.82) is 0 Å². The smallest absolute Gasteiger partial charge is 0.255 e. The molecule has 0 radical (unpaired) electrons. The summed E-state index contributed by atoms with van der Waals surface area (Å²) in [5, 5.41) is 10.4. The SMILES string of the molecule is O=C1N(CCO)c2cc(Cl)cc(Cl)c2C12CCN(c1nc3c(c(=O)[nH]1)CCCC3)CC2. The number of aryl methyl sites for hydroxylation is 1. The Morgan fingerprint density at radius 1 is 1.13 bits per heavy atom. The van der Waals surface area contributed by atoms with Crippen LogP contribution in [-0.4, -0.2) is 47.2 Å². The lowest BCUT2D eigenvalue weighted by molar-refractivity contribution is -0.124. The minimum absolute atomic E-state index is 0.0471. The third kappa shape index (κ3) is 3.25. The number of piperidine rings is 1. The Bertz CT molecular complexity index is 1110. The summed E-state index contributed by atoms with van der Waals surface area (Å²) in [6.45, 7) is 1.20. The number of H-pyrrole nitrogens is 1. The average molecular weight is 463 g/mol. The lowest BCUT2D eigenvalue weighted by atomic mass is 9.73. The second-order valence-electron chi connectivity index (χ2n) is 8.55. The molecule has 0 saturated carbocycles. The number of hydrogen-bond acceptors (Lipinski definition) is 5. The Kier molecular flexibility index (Phi) is 5.23. The van der Waals surface area contributed by atoms with Gasteiger partial charge in [-0.15, -0.1) is 0 Å². The molecule has 1 aliphatic carbocycles. The zero-order valence-corrected chi connectivity index (χ0v) is 18.6. The van der Waals surface area contributed by atoms with Crippen LogP contribution in [0.15, 0.2) is 16.9 Å². The number of aliphatic hydroxyl groups excluding tert-OH is 1. The number of halogens is 2. The lowest BCUT2D eigenvalue weighted by Gasteiger charge is -2.39. The molecule has 9 heteroatoms. The van der Waals surface area contributed by atoms with Crippen molar-refractivity contribution < 1.29 is 9.90 Å². The van der Waals surface area contributed by atoms with Gasteiger partial charge in [0.25, 0.3) is 5.56 Å². The van der Waals surface area contributed by atoms with E-state index < -0.39 is 5.41 Å². The monoisotopic (exact) mass is 462 g/mol. The summed E-state index contributed by atoms with van der Waals surface area (Å²) in [6, 6.07) is 3.42. The highest BCUT2D eigenvalue weighted by Crippen LogP contribution is 2.52. The number of carbonyl (C=O) groups excluding carboxylic acids is 1. The van der Waals surface area contributed by atoms with Gasteiger partial charge < -0.3 is 14.9 Å². The van der Waals surface area contributed by atoms with E-state index in [1.54, 1.807) is 17.0 Å². The van der Waals surface area contributed by atoms with E-state index in [1.807, 2.05) is 4.90 Å². The molecule has 2 aromatic rings. The lowest BCUT2D eigenvalue weighted by Crippen LogP contribution is -2.50. The first-order chi connectivity index (χ1) is 14.9.